The van der Waals surface area contributed by atoms with Crippen LogP contribution in [-0.4, -0.2) is 51.9 Å². The zero-order valence-electron chi connectivity index (χ0n) is 20.7. The van der Waals surface area contributed by atoms with Crippen molar-refractivity contribution in [1.29, 1.82) is 0 Å². The number of amides is 1. The number of hydrogen-bond acceptors (Lipinski definition) is 4. The van der Waals surface area contributed by atoms with Gasteiger partial charge in [0.05, 0.1) is 11.3 Å². The Morgan fingerprint density at radius 2 is 1.88 bits per heavy atom. The van der Waals surface area contributed by atoms with E-state index >= 15 is 0 Å². The van der Waals surface area contributed by atoms with Gasteiger partial charge in [0.2, 0.25) is 0 Å². The molecule has 1 atom stereocenters. The van der Waals surface area contributed by atoms with Crippen LogP contribution in [0.15, 0.2) is 30.5 Å². The summed E-state index contributed by atoms with van der Waals surface area (Å²) < 4.78 is 35.5. The highest BCUT2D eigenvalue weighted by atomic mass is 32.3. The lowest BCUT2D eigenvalue weighted by Crippen LogP contribution is -2.48. The van der Waals surface area contributed by atoms with Gasteiger partial charge < -0.3 is 15.8 Å². The molecular formula is C25H34F2N4O2S. The Balaban J connectivity index is 1.82. The standard InChI is InChI=1S/C25H34F2N4O2S/c1-16-12-21(33-14-18-19(26)8-7-9-20(18)27)23-30-17(2)22(31(23)13-16)24(32)29-15-25(3,28)10-11-34(4,5)6/h7-9,12-13H,10-11,14-15,28H2,1-6H3,(H,29,32). The molecular weight excluding hydrogens is 458 g/mol. The van der Waals surface area contributed by atoms with Crippen molar-refractivity contribution in [3.05, 3.63) is 64.6 Å². The number of halogens is 2. The predicted molar refractivity (Wildman–Crippen MR) is 135 cm³/mol. The number of fused-ring (bicyclic) bond motifs is 1. The predicted octanol–water partition coefficient (Wildman–Crippen LogP) is 4.34. The molecule has 0 spiro atoms. The van der Waals surface area contributed by atoms with Gasteiger partial charge in [0, 0.05) is 18.3 Å². The Kier molecular flexibility index (Phi) is 7.57. The average Bonchev–Trinajstić information content (AvgIpc) is 3.05. The lowest BCUT2D eigenvalue weighted by atomic mass is 10.0. The number of pyridine rings is 1. The van der Waals surface area contributed by atoms with Crippen molar-refractivity contribution in [2.75, 3.05) is 31.1 Å². The number of carbonyl (C=O) groups is 1. The first kappa shape index (κ1) is 26.0. The molecule has 0 aliphatic heterocycles. The first-order valence-corrected chi connectivity index (χ1v) is 14.1. The number of nitrogens with one attached hydrogen (secondary N) is 1. The van der Waals surface area contributed by atoms with E-state index in [1.54, 1.807) is 23.6 Å². The monoisotopic (exact) mass is 492 g/mol. The summed E-state index contributed by atoms with van der Waals surface area (Å²) in [6, 6.07) is 5.40. The third kappa shape index (κ3) is 6.27. The molecule has 2 aromatic heterocycles. The highest BCUT2D eigenvalue weighted by Crippen LogP contribution is 2.36. The summed E-state index contributed by atoms with van der Waals surface area (Å²) in [5, 5.41) is 2.95. The molecule has 9 heteroatoms. The van der Waals surface area contributed by atoms with Crippen LogP contribution in [0, 0.1) is 25.5 Å². The Morgan fingerprint density at radius 3 is 2.50 bits per heavy atom. The lowest BCUT2D eigenvalue weighted by molar-refractivity contribution is 0.0938. The smallest absolute Gasteiger partial charge is 0.270 e. The van der Waals surface area contributed by atoms with Gasteiger partial charge in [-0.2, -0.15) is 0 Å². The van der Waals surface area contributed by atoms with Crippen molar-refractivity contribution in [1.82, 2.24) is 14.7 Å². The number of ether oxygens (including phenoxy) is 1. The maximum Gasteiger partial charge on any atom is 0.270 e. The molecule has 0 aliphatic carbocycles. The van der Waals surface area contributed by atoms with E-state index in [1.165, 1.54) is 18.2 Å². The van der Waals surface area contributed by atoms with Crippen molar-refractivity contribution < 1.29 is 18.3 Å². The second-order valence-electron chi connectivity index (χ2n) is 9.99. The molecule has 0 aliphatic rings. The van der Waals surface area contributed by atoms with Gasteiger partial charge in [-0.15, -0.1) is 0 Å². The summed E-state index contributed by atoms with van der Waals surface area (Å²) in [5.74, 6) is -0.294. The second-order valence-corrected chi connectivity index (χ2v) is 14.6. The van der Waals surface area contributed by atoms with Gasteiger partial charge in [0.15, 0.2) is 11.4 Å². The molecule has 3 rings (SSSR count). The lowest BCUT2D eigenvalue weighted by Gasteiger charge is -2.32. The number of imidazole rings is 1. The van der Waals surface area contributed by atoms with Crippen LogP contribution < -0.4 is 15.8 Å². The van der Waals surface area contributed by atoms with Crippen LogP contribution in [0.4, 0.5) is 8.78 Å². The first-order valence-electron chi connectivity index (χ1n) is 11.1. The van der Waals surface area contributed by atoms with Crippen molar-refractivity contribution in [2.24, 2.45) is 5.73 Å². The number of carbonyl (C=O) groups excluding carboxylic acids is 1. The molecule has 3 N–H and O–H groups in total. The van der Waals surface area contributed by atoms with Crippen LogP contribution in [0.25, 0.3) is 5.65 Å². The Labute approximate surface area is 201 Å². The number of aromatic nitrogens is 2. The van der Waals surface area contributed by atoms with E-state index in [2.05, 4.69) is 29.1 Å². The van der Waals surface area contributed by atoms with E-state index < -0.39 is 27.2 Å². The van der Waals surface area contributed by atoms with Crippen LogP contribution in [-0.2, 0) is 6.61 Å². The van der Waals surface area contributed by atoms with E-state index in [1.807, 2.05) is 13.8 Å². The van der Waals surface area contributed by atoms with Crippen LogP contribution in [0.2, 0.25) is 0 Å². The van der Waals surface area contributed by atoms with Gasteiger partial charge in [0.25, 0.3) is 5.91 Å². The maximum absolute atomic E-state index is 14.0. The molecule has 0 fully saturated rings. The van der Waals surface area contributed by atoms with Crippen molar-refractivity contribution in [3.63, 3.8) is 0 Å². The highest BCUT2D eigenvalue weighted by Gasteiger charge is 2.24. The third-order valence-electron chi connectivity index (χ3n) is 5.58. The summed E-state index contributed by atoms with van der Waals surface area (Å²) in [6.45, 7) is 5.56. The van der Waals surface area contributed by atoms with Crippen LogP contribution >= 0.6 is 10.0 Å². The van der Waals surface area contributed by atoms with E-state index in [0.717, 1.165) is 17.7 Å². The van der Waals surface area contributed by atoms with Crippen LogP contribution in [0.1, 0.15) is 40.7 Å². The fourth-order valence-corrected chi connectivity index (χ4v) is 4.63. The van der Waals surface area contributed by atoms with Gasteiger partial charge in [0.1, 0.15) is 23.9 Å². The number of benzene rings is 1. The third-order valence-corrected chi connectivity index (χ3v) is 7.01. The second kappa shape index (κ2) is 9.92. The fourth-order valence-electron chi connectivity index (χ4n) is 3.55. The van der Waals surface area contributed by atoms with E-state index in [-0.39, 0.29) is 18.1 Å². The van der Waals surface area contributed by atoms with Crippen molar-refractivity contribution in [2.45, 2.75) is 39.3 Å². The zero-order chi connectivity index (χ0) is 25.3. The van der Waals surface area contributed by atoms with E-state index in [0.29, 0.717) is 29.3 Å². The van der Waals surface area contributed by atoms with Gasteiger partial charge in [-0.25, -0.2) is 23.8 Å². The average molecular weight is 493 g/mol. The summed E-state index contributed by atoms with van der Waals surface area (Å²) >= 11 is 0. The van der Waals surface area contributed by atoms with Gasteiger partial charge >= 0.3 is 0 Å². The molecule has 0 radical (unpaired) electrons. The Bertz CT molecular complexity index is 1180. The van der Waals surface area contributed by atoms with Gasteiger partial charge in [-0.05, 0) is 75.5 Å². The number of nitrogens with zero attached hydrogens (tertiary/aromatic N) is 2. The molecule has 1 unspecified atom stereocenters. The number of rotatable bonds is 9. The minimum atomic E-state index is -0.683. The molecule has 186 valence electrons. The molecule has 0 saturated heterocycles. The summed E-state index contributed by atoms with van der Waals surface area (Å²) in [4.78, 5) is 17.6. The number of nitrogens with two attached hydrogens (primary N) is 1. The summed E-state index contributed by atoms with van der Waals surface area (Å²) in [6.07, 6.45) is 9.32. The molecule has 2 heterocycles. The first-order chi connectivity index (χ1) is 15.8. The molecule has 34 heavy (non-hydrogen) atoms. The van der Waals surface area contributed by atoms with Gasteiger partial charge in [-0.3, -0.25) is 9.20 Å². The SMILES string of the molecule is Cc1cc(OCc2c(F)cccc2F)c2nc(C)c(C(=O)NCC(C)(N)CCS(C)(C)C)n2c1. The molecule has 0 saturated carbocycles. The molecule has 3 aromatic rings. The Hall–Kier alpha value is -2.65. The quantitative estimate of drug-likeness (QED) is 0.466. The molecule has 1 amide bonds. The zero-order valence-corrected chi connectivity index (χ0v) is 21.5. The minimum absolute atomic E-state index is 0.164. The largest absolute Gasteiger partial charge is 0.485 e. The number of hydrogen-bond donors (Lipinski definition) is 2. The molecule has 6 nitrogen and oxygen atoms in total. The molecule has 1 aromatic carbocycles. The normalized spacial score (nSPS) is 14.1. The van der Waals surface area contributed by atoms with Crippen molar-refractivity contribution in [3.8, 4) is 5.75 Å². The van der Waals surface area contributed by atoms with Crippen molar-refractivity contribution >= 4 is 21.6 Å². The fraction of sp³-hybridized carbons (Fsp3) is 0.440. The number of aryl methyl sites for hydroxylation is 2. The summed E-state index contributed by atoms with van der Waals surface area (Å²) in [5.41, 5.74) is 7.84. The highest BCUT2D eigenvalue weighted by molar-refractivity contribution is 8.32. The van der Waals surface area contributed by atoms with Gasteiger partial charge in [-0.1, -0.05) is 6.07 Å². The summed E-state index contributed by atoms with van der Waals surface area (Å²) in [7, 11) is -0.683. The van der Waals surface area contributed by atoms with E-state index in [4.69, 9.17) is 10.5 Å². The maximum atomic E-state index is 14.0. The topological polar surface area (TPSA) is 81.6 Å². The van der Waals surface area contributed by atoms with Crippen LogP contribution in [0.5, 0.6) is 5.75 Å². The van der Waals surface area contributed by atoms with Crippen LogP contribution in [0.3, 0.4) is 0 Å². The minimum Gasteiger partial charge on any atom is -0.485 e. The molecule has 0 bridgehead atoms. The van der Waals surface area contributed by atoms with E-state index in [9.17, 15) is 13.6 Å². The Morgan fingerprint density at radius 1 is 1.24 bits per heavy atom.